The van der Waals surface area contributed by atoms with Crippen LogP contribution in [0.3, 0.4) is 0 Å². The maximum absolute atomic E-state index is 6.06. The van der Waals surface area contributed by atoms with Gasteiger partial charge in [0.1, 0.15) is 0 Å². The molecular formula is C32H39ClN2. The van der Waals surface area contributed by atoms with Crippen molar-refractivity contribution in [1.29, 1.82) is 0 Å². The molecule has 2 aliphatic rings. The lowest BCUT2D eigenvalue weighted by Gasteiger charge is -2.39. The molecule has 0 amide bonds. The highest BCUT2D eigenvalue weighted by atomic mass is 35.5. The minimum Gasteiger partial charge on any atom is -0.298 e. The summed E-state index contributed by atoms with van der Waals surface area (Å²) in [6, 6.07) is 31.5. The predicted octanol–water partition coefficient (Wildman–Crippen LogP) is 7.26. The molecule has 0 aromatic heterocycles. The van der Waals surface area contributed by atoms with Gasteiger partial charge in [-0.15, -0.1) is 0 Å². The van der Waals surface area contributed by atoms with Crippen molar-refractivity contribution in [2.24, 2.45) is 5.41 Å². The fourth-order valence-corrected chi connectivity index (χ4v) is 6.55. The van der Waals surface area contributed by atoms with Crippen LogP contribution in [0.15, 0.2) is 84.9 Å². The Morgan fingerprint density at radius 1 is 0.657 bits per heavy atom. The van der Waals surface area contributed by atoms with Gasteiger partial charge in [0.25, 0.3) is 0 Å². The molecule has 1 saturated heterocycles. The Labute approximate surface area is 216 Å². The number of halogens is 1. The summed E-state index contributed by atoms with van der Waals surface area (Å²) in [5.41, 5.74) is 4.73. The quantitative estimate of drug-likeness (QED) is 0.324. The maximum Gasteiger partial charge on any atom is 0.0406 e. The van der Waals surface area contributed by atoms with Crippen molar-refractivity contribution in [2.75, 3.05) is 26.2 Å². The van der Waals surface area contributed by atoms with Crippen LogP contribution in [-0.4, -0.2) is 42.0 Å². The summed E-state index contributed by atoms with van der Waals surface area (Å²) < 4.78 is 0. The van der Waals surface area contributed by atoms with Gasteiger partial charge >= 0.3 is 0 Å². The van der Waals surface area contributed by atoms with Crippen LogP contribution in [0.5, 0.6) is 0 Å². The number of benzene rings is 3. The minimum atomic E-state index is 0.369. The monoisotopic (exact) mass is 486 g/mol. The average molecular weight is 487 g/mol. The van der Waals surface area contributed by atoms with Crippen molar-refractivity contribution >= 4 is 11.6 Å². The number of nitrogens with zero attached hydrogens (tertiary/aromatic N) is 2. The van der Waals surface area contributed by atoms with E-state index in [1.165, 1.54) is 74.7 Å². The van der Waals surface area contributed by atoms with Gasteiger partial charge in [0.15, 0.2) is 0 Å². The molecule has 5 rings (SSSR count). The van der Waals surface area contributed by atoms with E-state index < -0.39 is 0 Å². The Bertz CT molecular complexity index is 985. The molecule has 1 unspecified atom stereocenters. The van der Waals surface area contributed by atoms with Crippen molar-refractivity contribution < 1.29 is 0 Å². The van der Waals surface area contributed by atoms with Crippen LogP contribution in [0, 0.1) is 5.41 Å². The zero-order chi connectivity index (χ0) is 23.9. The lowest BCUT2D eigenvalue weighted by Crippen LogP contribution is -2.49. The molecule has 1 aliphatic carbocycles. The topological polar surface area (TPSA) is 6.48 Å². The van der Waals surface area contributed by atoms with Gasteiger partial charge in [-0.3, -0.25) is 9.80 Å². The summed E-state index contributed by atoms with van der Waals surface area (Å²) in [4.78, 5) is 5.41. The first-order valence-corrected chi connectivity index (χ1v) is 13.8. The van der Waals surface area contributed by atoms with Gasteiger partial charge in [0.2, 0.25) is 0 Å². The number of rotatable bonds is 7. The second kappa shape index (κ2) is 11.7. The van der Waals surface area contributed by atoms with E-state index in [0.29, 0.717) is 5.41 Å². The van der Waals surface area contributed by atoms with E-state index in [0.717, 1.165) is 30.7 Å². The van der Waals surface area contributed by atoms with E-state index in [9.17, 15) is 0 Å². The molecule has 184 valence electrons. The Morgan fingerprint density at radius 2 is 1.26 bits per heavy atom. The highest BCUT2D eigenvalue weighted by Gasteiger charge is 2.35. The van der Waals surface area contributed by atoms with E-state index in [1.54, 1.807) is 0 Å². The maximum atomic E-state index is 6.06. The van der Waals surface area contributed by atoms with Crippen molar-refractivity contribution in [3.05, 3.63) is 107 Å². The molecule has 2 nitrogen and oxygen atoms in total. The minimum absolute atomic E-state index is 0.369. The number of hydrogen-bond acceptors (Lipinski definition) is 2. The molecule has 3 aromatic carbocycles. The van der Waals surface area contributed by atoms with Crippen LogP contribution in [0.25, 0.3) is 0 Å². The zero-order valence-corrected chi connectivity index (χ0v) is 21.7. The van der Waals surface area contributed by atoms with Crippen LogP contribution >= 0.6 is 11.6 Å². The van der Waals surface area contributed by atoms with Gasteiger partial charge in [0, 0.05) is 43.8 Å². The molecule has 0 N–H and O–H groups in total. The van der Waals surface area contributed by atoms with Gasteiger partial charge in [-0.05, 0) is 72.8 Å². The van der Waals surface area contributed by atoms with Gasteiger partial charge in [-0.1, -0.05) is 90.8 Å². The molecule has 35 heavy (non-hydrogen) atoms. The molecule has 3 heteroatoms. The molecular weight excluding hydrogens is 448 g/mol. The van der Waals surface area contributed by atoms with Gasteiger partial charge in [-0.2, -0.15) is 0 Å². The Balaban J connectivity index is 1.21. The summed E-state index contributed by atoms with van der Waals surface area (Å²) in [6.07, 6.45) is 9.08. The highest BCUT2D eigenvalue weighted by molar-refractivity contribution is 6.30. The summed E-state index contributed by atoms with van der Waals surface area (Å²) in [7, 11) is 0. The van der Waals surface area contributed by atoms with Crippen LogP contribution in [-0.2, 0) is 19.4 Å². The van der Waals surface area contributed by atoms with Crippen molar-refractivity contribution in [2.45, 2.75) is 57.5 Å². The Morgan fingerprint density at radius 3 is 1.86 bits per heavy atom. The highest BCUT2D eigenvalue weighted by Crippen LogP contribution is 2.42. The third kappa shape index (κ3) is 6.76. The fourth-order valence-electron chi connectivity index (χ4n) is 6.43. The van der Waals surface area contributed by atoms with Crippen LogP contribution in [0.1, 0.15) is 48.8 Å². The SMILES string of the molecule is Clc1ccc(CN2CCN(C3CCCC(Cc4ccccc4)(Cc4ccccc4)CC3)CC2)cc1. The van der Waals surface area contributed by atoms with Gasteiger partial charge in [0.05, 0.1) is 0 Å². The first-order chi connectivity index (χ1) is 17.2. The Hall–Kier alpha value is -2.13. The molecule has 1 heterocycles. The second-order valence-corrected chi connectivity index (χ2v) is 11.3. The van der Waals surface area contributed by atoms with Crippen molar-refractivity contribution in [1.82, 2.24) is 9.80 Å². The second-order valence-electron chi connectivity index (χ2n) is 10.8. The van der Waals surface area contributed by atoms with E-state index in [2.05, 4.69) is 82.6 Å². The smallest absolute Gasteiger partial charge is 0.0406 e. The summed E-state index contributed by atoms with van der Waals surface area (Å²) in [5, 5.41) is 0.822. The van der Waals surface area contributed by atoms with Crippen LogP contribution in [0.4, 0.5) is 0 Å². The largest absolute Gasteiger partial charge is 0.298 e. The lowest BCUT2D eigenvalue weighted by atomic mass is 9.71. The third-order valence-corrected chi connectivity index (χ3v) is 8.59. The number of hydrogen-bond donors (Lipinski definition) is 0. The molecule has 0 bridgehead atoms. The molecule has 2 fully saturated rings. The lowest BCUT2D eigenvalue weighted by molar-refractivity contribution is 0.0831. The molecule has 0 spiro atoms. The van der Waals surface area contributed by atoms with Crippen molar-refractivity contribution in [3.63, 3.8) is 0 Å². The van der Waals surface area contributed by atoms with E-state index in [4.69, 9.17) is 11.6 Å². The summed E-state index contributed by atoms with van der Waals surface area (Å²) in [6.45, 7) is 5.76. The van der Waals surface area contributed by atoms with Crippen LogP contribution in [0.2, 0.25) is 5.02 Å². The summed E-state index contributed by atoms with van der Waals surface area (Å²) in [5.74, 6) is 0. The van der Waals surface area contributed by atoms with E-state index in [-0.39, 0.29) is 0 Å². The van der Waals surface area contributed by atoms with Crippen molar-refractivity contribution in [3.8, 4) is 0 Å². The predicted molar refractivity (Wildman–Crippen MR) is 148 cm³/mol. The molecule has 0 radical (unpaired) electrons. The molecule has 1 saturated carbocycles. The normalized spacial score (nSPS) is 21.5. The first-order valence-electron chi connectivity index (χ1n) is 13.5. The standard InChI is InChI=1S/C32H39ClN2/c33-30-15-13-29(14-16-30)26-34-20-22-35(23-21-34)31-12-7-18-32(19-17-31,24-27-8-3-1-4-9-27)25-28-10-5-2-6-11-28/h1-6,8-11,13-16,31H,7,12,17-26H2. The van der Waals surface area contributed by atoms with E-state index >= 15 is 0 Å². The molecule has 3 aromatic rings. The zero-order valence-electron chi connectivity index (χ0n) is 20.9. The van der Waals surface area contributed by atoms with Gasteiger partial charge in [-0.25, -0.2) is 0 Å². The third-order valence-electron chi connectivity index (χ3n) is 8.34. The summed E-state index contributed by atoms with van der Waals surface area (Å²) >= 11 is 6.06. The van der Waals surface area contributed by atoms with E-state index in [1.807, 2.05) is 12.1 Å². The average Bonchev–Trinajstić information content (AvgIpc) is 3.10. The fraction of sp³-hybridized carbons (Fsp3) is 0.438. The molecule has 1 aliphatic heterocycles. The van der Waals surface area contributed by atoms with Crippen LogP contribution < -0.4 is 0 Å². The van der Waals surface area contributed by atoms with Gasteiger partial charge < -0.3 is 0 Å². The number of piperazine rings is 1. The Kier molecular flexibility index (Phi) is 8.24. The molecule has 1 atom stereocenters. The first kappa shape index (κ1) is 24.6.